The highest BCUT2D eigenvalue weighted by atomic mass is 35.5. The van der Waals surface area contributed by atoms with Gasteiger partial charge in [0.15, 0.2) is 0 Å². The van der Waals surface area contributed by atoms with Crippen molar-refractivity contribution in [2.24, 2.45) is 0 Å². The van der Waals surface area contributed by atoms with E-state index in [0.717, 1.165) is 51.7 Å². The second kappa shape index (κ2) is 12.1. The minimum absolute atomic E-state index is 0.0473. The number of aliphatic hydroxyl groups excluding tert-OH is 1. The average Bonchev–Trinajstić information content (AvgIpc) is 3.43. The van der Waals surface area contributed by atoms with Gasteiger partial charge in [-0.2, -0.15) is 0 Å². The Bertz CT molecular complexity index is 945. The van der Waals surface area contributed by atoms with Crippen LogP contribution >= 0.6 is 11.6 Å². The van der Waals surface area contributed by atoms with Gasteiger partial charge in [0, 0.05) is 17.1 Å². The van der Waals surface area contributed by atoms with Crippen LogP contribution in [0.2, 0.25) is 5.02 Å². The van der Waals surface area contributed by atoms with Crippen molar-refractivity contribution in [2.45, 2.75) is 52.0 Å². The summed E-state index contributed by atoms with van der Waals surface area (Å²) in [4.78, 5) is 29.9. The minimum Gasteiger partial charge on any atom is -0.507 e. The lowest BCUT2D eigenvalue weighted by Crippen LogP contribution is -2.34. The first-order chi connectivity index (χ1) is 16.0. The van der Waals surface area contributed by atoms with Crippen molar-refractivity contribution in [3.05, 3.63) is 64.6 Å². The van der Waals surface area contributed by atoms with E-state index < -0.39 is 17.7 Å². The maximum atomic E-state index is 13.0. The molecule has 7 heteroatoms. The summed E-state index contributed by atoms with van der Waals surface area (Å²) in [7, 11) is 0. The van der Waals surface area contributed by atoms with Gasteiger partial charge in [-0.3, -0.25) is 9.59 Å². The number of amides is 1. The van der Waals surface area contributed by atoms with Gasteiger partial charge < -0.3 is 19.3 Å². The van der Waals surface area contributed by atoms with Crippen molar-refractivity contribution in [3.63, 3.8) is 0 Å². The minimum atomic E-state index is -0.754. The summed E-state index contributed by atoms with van der Waals surface area (Å²) in [5, 5.41) is 11.5. The third kappa shape index (κ3) is 6.06. The summed E-state index contributed by atoms with van der Waals surface area (Å²) in [6, 6.07) is 9.22. The first-order valence-electron chi connectivity index (χ1n) is 11.8. The quantitative estimate of drug-likeness (QED) is 0.245. The van der Waals surface area contributed by atoms with Gasteiger partial charge in [0.25, 0.3) is 11.7 Å². The molecule has 1 unspecified atom stereocenters. The predicted octanol–water partition coefficient (Wildman–Crippen LogP) is 5.65. The molecule has 2 aromatic rings. The number of hydrogen-bond donors (Lipinski definition) is 1. The number of ketones is 1. The standard InChI is InChI=1S/C26H33ClN2O4/c1-3-5-14-28(15-6-4-2)16-8-17-29-23(21-9-7-18-33-21)22(25(31)26(29)32)24(30)19-10-12-20(27)13-11-19/h7,9-13,18,23,30H,3-6,8,14-17H2,1-2H3/b24-22+. The molecule has 1 N–H and O–H groups in total. The van der Waals surface area contributed by atoms with Crippen molar-refractivity contribution in [1.29, 1.82) is 0 Å². The lowest BCUT2D eigenvalue weighted by molar-refractivity contribution is -0.140. The Hall–Kier alpha value is -2.57. The molecule has 6 nitrogen and oxygen atoms in total. The molecule has 1 fully saturated rings. The third-order valence-corrected chi connectivity index (χ3v) is 6.25. The van der Waals surface area contributed by atoms with Crippen LogP contribution in [-0.4, -0.2) is 52.8 Å². The van der Waals surface area contributed by atoms with Crippen LogP contribution in [0.1, 0.15) is 63.3 Å². The zero-order valence-electron chi connectivity index (χ0n) is 19.4. The molecule has 1 aliphatic rings. The zero-order chi connectivity index (χ0) is 23.8. The topological polar surface area (TPSA) is 74.0 Å². The number of halogens is 1. The van der Waals surface area contributed by atoms with E-state index in [0.29, 0.717) is 22.9 Å². The lowest BCUT2D eigenvalue weighted by atomic mass is 9.99. The maximum Gasteiger partial charge on any atom is 0.295 e. The molecule has 0 radical (unpaired) electrons. The summed E-state index contributed by atoms with van der Waals surface area (Å²) in [5.74, 6) is -1.07. The molecule has 0 spiro atoms. The Morgan fingerprint density at radius 3 is 2.24 bits per heavy atom. The van der Waals surface area contributed by atoms with E-state index in [-0.39, 0.29) is 11.3 Å². The first kappa shape index (κ1) is 25.1. The Labute approximate surface area is 200 Å². The van der Waals surface area contributed by atoms with Crippen LogP contribution in [0.5, 0.6) is 0 Å². The number of furan rings is 1. The molecule has 1 saturated heterocycles. The van der Waals surface area contributed by atoms with Gasteiger partial charge in [-0.25, -0.2) is 0 Å². The number of aliphatic hydroxyl groups is 1. The molecule has 1 aromatic heterocycles. The lowest BCUT2D eigenvalue weighted by Gasteiger charge is -2.26. The van der Waals surface area contributed by atoms with Gasteiger partial charge in [0.2, 0.25) is 0 Å². The van der Waals surface area contributed by atoms with E-state index in [4.69, 9.17) is 16.0 Å². The highest BCUT2D eigenvalue weighted by molar-refractivity contribution is 6.46. The molecular weight excluding hydrogens is 440 g/mol. The van der Waals surface area contributed by atoms with Gasteiger partial charge >= 0.3 is 0 Å². The maximum absolute atomic E-state index is 13.0. The number of benzene rings is 1. The second-order valence-electron chi connectivity index (χ2n) is 8.42. The van der Waals surface area contributed by atoms with E-state index in [1.54, 1.807) is 36.4 Å². The Morgan fingerprint density at radius 2 is 1.67 bits per heavy atom. The van der Waals surface area contributed by atoms with Crippen LogP contribution in [0.3, 0.4) is 0 Å². The molecule has 33 heavy (non-hydrogen) atoms. The fourth-order valence-electron chi connectivity index (χ4n) is 4.18. The molecular formula is C26H33ClN2O4. The van der Waals surface area contributed by atoms with Crippen molar-refractivity contribution >= 4 is 29.1 Å². The zero-order valence-corrected chi connectivity index (χ0v) is 20.2. The number of Topliss-reactive ketones (excluding diaryl/α,β-unsaturated/α-hetero) is 1. The first-order valence-corrected chi connectivity index (χ1v) is 12.2. The number of nitrogens with zero attached hydrogens (tertiary/aromatic N) is 2. The normalized spacial score (nSPS) is 17.9. The van der Waals surface area contributed by atoms with Gasteiger partial charge in [0.1, 0.15) is 17.6 Å². The van der Waals surface area contributed by atoms with Crippen LogP contribution in [-0.2, 0) is 9.59 Å². The fourth-order valence-corrected chi connectivity index (χ4v) is 4.31. The van der Waals surface area contributed by atoms with E-state index in [9.17, 15) is 14.7 Å². The average molecular weight is 473 g/mol. The van der Waals surface area contributed by atoms with E-state index in [2.05, 4.69) is 18.7 Å². The molecule has 1 atom stereocenters. The molecule has 178 valence electrons. The van der Waals surface area contributed by atoms with Crippen LogP contribution in [0.15, 0.2) is 52.7 Å². The Balaban J connectivity index is 1.83. The highest BCUT2D eigenvalue weighted by Gasteiger charge is 2.47. The Morgan fingerprint density at radius 1 is 1.03 bits per heavy atom. The molecule has 1 aromatic carbocycles. The number of likely N-dealkylation sites (tertiary alicyclic amines) is 1. The third-order valence-electron chi connectivity index (χ3n) is 6.00. The smallest absolute Gasteiger partial charge is 0.295 e. The van der Waals surface area contributed by atoms with Gasteiger partial charge in [-0.15, -0.1) is 0 Å². The number of hydrogen-bond acceptors (Lipinski definition) is 5. The summed E-state index contributed by atoms with van der Waals surface area (Å²) in [5.41, 5.74) is 0.477. The molecule has 0 aliphatic carbocycles. The summed E-state index contributed by atoms with van der Waals surface area (Å²) >= 11 is 5.96. The number of unbranched alkanes of at least 4 members (excludes halogenated alkanes) is 2. The fraction of sp³-hybridized carbons (Fsp3) is 0.462. The van der Waals surface area contributed by atoms with E-state index >= 15 is 0 Å². The molecule has 3 rings (SSSR count). The van der Waals surface area contributed by atoms with E-state index in [1.807, 2.05) is 0 Å². The SMILES string of the molecule is CCCCN(CCCC)CCCN1C(=O)C(=O)/C(=C(/O)c2ccc(Cl)cc2)C1c1ccco1. The van der Waals surface area contributed by atoms with Crippen LogP contribution in [0, 0.1) is 0 Å². The van der Waals surface area contributed by atoms with Crippen molar-refractivity contribution in [1.82, 2.24) is 9.80 Å². The largest absolute Gasteiger partial charge is 0.507 e. The molecule has 1 aliphatic heterocycles. The summed E-state index contributed by atoms with van der Waals surface area (Å²) in [6.45, 7) is 7.69. The van der Waals surface area contributed by atoms with Crippen LogP contribution < -0.4 is 0 Å². The molecule has 2 heterocycles. The number of rotatable bonds is 12. The van der Waals surface area contributed by atoms with Gasteiger partial charge in [-0.1, -0.05) is 38.3 Å². The predicted molar refractivity (Wildman–Crippen MR) is 130 cm³/mol. The van der Waals surface area contributed by atoms with Crippen molar-refractivity contribution < 1.29 is 19.1 Å². The van der Waals surface area contributed by atoms with E-state index in [1.165, 1.54) is 11.2 Å². The number of carbonyl (C=O) groups is 2. The molecule has 0 saturated carbocycles. The van der Waals surface area contributed by atoms with Crippen molar-refractivity contribution in [2.75, 3.05) is 26.2 Å². The highest BCUT2D eigenvalue weighted by Crippen LogP contribution is 2.39. The summed E-state index contributed by atoms with van der Waals surface area (Å²) < 4.78 is 5.59. The molecule has 1 amide bonds. The summed E-state index contributed by atoms with van der Waals surface area (Å²) in [6.07, 6.45) is 6.80. The second-order valence-corrected chi connectivity index (χ2v) is 8.85. The van der Waals surface area contributed by atoms with Gasteiger partial charge in [0.05, 0.1) is 11.8 Å². The van der Waals surface area contributed by atoms with Gasteiger partial charge in [-0.05, 0) is 75.3 Å². The van der Waals surface area contributed by atoms with Crippen LogP contribution in [0.25, 0.3) is 5.76 Å². The monoisotopic (exact) mass is 472 g/mol. The Kier molecular flexibility index (Phi) is 9.15. The number of carbonyl (C=O) groups excluding carboxylic acids is 2. The van der Waals surface area contributed by atoms with Crippen LogP contribution in [0.4, 0.5) is 0 Å². The van der Waals surface area contributed by atoms with Crippen molar-refractivity contribution in [3.8, 4) is 0 Å². The molecule has 0 bridgehead atoms.